The van der Waals surface area contributed by atoms with E-state index in [0.29, 0.717) is 17.1 Å². The highest BCUT2D eigenvalue weighted by Gasteiger charge is 2.26. The first kappa shape index (κ1) is 14.7. The van der Waals surface area contributed by atoms with Crippen LogP contribution in [0.5, 0.6) is 11.5 Å². The number of ether oxygens (including phenoxy) is 2. The van der Waals surface area contributed by atoms with E-state index in [9.17, 15) is 8.78 Å². The van der Waals surface area contributed by atoms with Gasteiger partial charge >= 0.3 is 0 Å². The number of hydrogen-bond donors (Lipinski definition) is 2. The van der Waals surface area contributed by atoms with Crippen molar-refractivity contribution < 1.29 is 23.4 Å². The van der Waals surface area contributed by atoms with Gasteiger partial charge < -0.3 is 19.9 Å². The van der Waals surface area contributed by atoms with E-state index in [2.05, 4.69) is 5.32 Å². The smallest absolute Gasteiger partial charge is 0.282 e. The molecule has 1 aromatic carbocycles. The fourth-order valence-electron chi connectivity index (χ4n) is 1.53. The summed E-state index contributed by atoms with van der Waals surface area (Å²) in [5.74, 6) is -2.06. The zero-order chi connectivity index (χ0) is 13.6. The minimum atomic E-state index is -3.12. The molecule has 4 nitrogen and oxygen atoms in total. The summed E-state index contributed by atoms with van der Waals surface area (Å²) in [6.45, 7) is -1.56. The van der Waals surface area contributed by atoms with Crippen LogP contribution in [-0.2, 0) is 6.54 Å². The van der Waals surface area contributed by atoms with Crippen molar-refractivity contribution in [3.63, 3.8) is 0 Å². The molecule has 18 heavy (non-hydrogen) atoms. The van der Waals surface area contributed by atoms with Crippen LogP contribution < -0.4 is 14.8 Å². The van der Waals surface area contributed by atoms with Gasteiger partial charge in [-0.3, -0.25) is 0 Å². The predicted molar refractivity (Wildman–Crippen MR) is 63.3 cm³/mol. The van der Waals surface area contributed by atoms with Crippen molar-refractivity contribution in [1.82, 2.24) is 5.32 Å². The number of aliphatic hydroxyl groups excluding tert-OH is 1. The van der Waals surface area contributed by atoms with Crippen LogP contribution >= 0.6 is 0 Å². The number of hydrogen-bond acceptors (Lipinski definition) is 4. The van der Waals surface area contributed by atoms with E-state index in [1.165, 1.54) is 14.2 Å². The van der Waals surface area contributed by atoms with Gasteiger partial charge in [-0.05, 0) is 6.07 Å². The maximum Gasteiger partial charge on any atom is 0.282 e. The number of aliphatic hydroxyl groups is 1. The van der Waals surface area contributed by atoms with Gasteiger partial charge in [-0.25, -0.2) is 8.78 Å². The molecule has 0 aliphatic heterocycles. The molecule has 0 saturated carbocycles. The molecule has 2 N–H and O–H groups in total. The summed E-state index contributed by atoms with van der Waals surface area (Å²) < 4.78 is 35.9. The van der Waals surface area contributed by atoms with Gasteiger partial charge in [0, 0.05) is 12.1 Å². The Hall–Kier alpha value is -1.40. The lowest BCUT2D eigenvalue weighted by Gasteiger charge is -2.16. The molecule has 0 spiro atoms. The summed E-state index contributed by atoms with van der Waals surface area (Å²) in [5.41, 5.74) is 0.714. The summed E-state index contributed by atoms with van der Waals surface area (Å²) in [7, 11) is 3.00. The van der Waals surface area contributed by atoms with Gasteiger partial charge in [-0.15, -0.1) is 0 Å². The zero-order valence-corrected chi connectivity index (χ0v) is 10.4. The summed E-state index contributed by atoms with van der Waals surface area (Å²) >= 11 is 0. The van der Waals surface area contributed by atoms with Crippen LogP contribution in [0.1, 0.15) is 5.56 Å². The molecule has 0 aliphatic rings. The lowest BCUT2D eigenvalue weighted by molar-refractivity contribution is -0.0478. The van der Waals surface area contributed by atoms with Gasteiger partial charge in [0.05, 0.1) is 20.8 Å². The van der Waals surface area contributed by atoms with E-state index in [1.807, 2.05) is 0 Å². The second kappa shape index (κ2) is 6.51. The number of alkyl halides is 2. The van der Waals surface area contributed by atoms with Crippen LogP contribution in [0.4, 0.5) is 8.78 Å². The maximum absolute atomic E-state index is 12.8. The Balaban J connectivity index is 2.67. The standard InChI is InChI=1S/C12H17F2NO3/c1-17-10-5-3-4-9(11(10)18-2)6-15-7-12(13,14)8-16/h3-5,15-16H,6-8H2,1-2H3. The molecule has 0 heterocycles. The van der Waals surface area contributed by atoms with Gasteiger partial charge in [0.25, 0.3) is 5.92 Å². The van der Waals surface area contributed by atoms with Gasteiger partial charge in [0.15, 0.2) is 11.5 Å². The Morgan fingerprint density at radius 2 is 2.00 bits per heavy atom. The van der Waals surface area contributed by atoms with Crippen molar-refractivity contribution in [2.45, 2.75) is 12.5 Å². The molecule has 1 aromatic rings. The third-order valence-electron chi connectivity index (χ3n) is 2.41. The van der Waals surface area contributed by atoms with Crippen molar-refractivity contribution in [1.29, 1.82) is 0 Å². The number of benzene rings is 1. The summed E-state index contributed by atoms with van der Waals surface area (Å²) in [6.07, 6.45) is 0. The molecule has 102 valence electrons. The average molecular weight is 261 g/mol. The highest BCUT2D eigenvalue weighted by molar-refractivity contribution is 5.46. The van der Waals surface area contributed by atoms with Crippen LogP contribution in [0.15, 0.2) is 18.2 Å². The highest BCUT2D eigenvalue weighted by Crippen LogP contribution is 2.30. The lowest BCUT2D eigenvalue weighted by atomic mass is 10.2. The van der Waals surface area contributed by atoms with E-state index in [-0.39, 0.29) is 6.54 Å². The molecule has 6 heteroatoms. The van der Waals surface area contributed by atoms with E-state index < -0.39 is 19.1 Å². The van der Waals surface area contributed by atoms with Crippen molar-refractivity contribution >= 4 is 0 Å². The Kier molecular flexibility index (Phi) is 5.30. The first-order valence-electron chi connectivity index (χ1n) is 5.43. The Bertz CT molecular complexity index is 386. The van der Waals surface area contributed by atoms with Gasteiger partial charge in [-0.1, -0.05) is 12.1 Å². The molecular weight excluding hydrogens is 244 g/mol. The molecule has 0 amide bonds. The van der Waals surface area contributed by atoms with Gasteiger partial charge in [-0.2, -0.15) is 0 Å². The summed E-state index contributed by atoms with van der Waals surface area (Å²) in [5, 5.41) is 11.0. The maximum atomic E-state index is 12.8. The van der Waals surface area contributed by atoms with Crippen molar-refractivity contribution in [2.75, 3.05) is 27.4 Å². The quantitative estimate of drug-likeness (QED) is 0.779. The van der Waals surface area contributed by atoms with Crippen LogP contribution in [-0.4, -0.2) is 38.4 Å². The zero-order valence-electron chi connectivity index (χ0n) is 10.4. The van der Waals surface area contributed by atoms with Crippen LogP contribution in [0, 0.1) is 0 Å². The Morgan fingerprint density at radius 1 is 1.28 bits per heavy atom. The molecule has 0 unspecified atom stereocenters. The molecule has 0 aromatic heterocycles. The largest absolute Gasteiger partial charge is 0.493 e. The molecule has 0 fully saturated rings. The molecule has 0 atom stereocenters. The molecule has 0 aliphatic carbocycles. The lowest BCUT2D eigenvalue weighted by Crippen LogP contribution is -2.35. The second-order valence-corrected chi connectivity index (χ2v) is 3.77. The van der Waals surface area contributed by atoms with Crippen molar-refractivity contribution in [3.8, 4) is 11.5 Å². The number of nitrogens with one attached hydrogen (secondary N) is 1. The molecule has 0 radical (unpaired) electrons. The monoisotopic (exact) mass is 261 g/mol. The number of rotatable bonds is 7. The average Bonchev–Trinajstić information content (AvgIpc) is 2.38. The van der Waals surface area contributed by atoms with Gasteiger partial charge in [0.2, 0.25) is 0 Å². The van der Waals surface area contributed by atoms with Gasteiger partial charge in [0.1, 0.15) is 6.61 Å². The topological polar surface area (TPSA) is 50.7 Å². The molecule has 0 bridgehead atoms. The SMILES string of the molecule is COc1cccc(CNCC(F)(F)CO)c1OC. The fourth-order valence-corrected chi connectivity index (χ4v) is 1.53. The van der Waals surface area contributed by atoms with Crippen LogP contribution in [0.25, 0.3) is 0 Å². The molecule has 0 saturated heterocycles. The minimum absolute atomic E-state index is 0.204. The van der Waals surface area contributed by atoms with Crippen LogP contribution in [0.2, 0.25) is 0 Å². The van der Waals surface area contributed by atoms with Crippen molar-refractivity contribution in [3.05, 3.63) is 23.8 Å². The predicted octanol–water partition coefficient (Wildman–Crippen LogP) is 1.42. The number of methoxy groups -OCH3 is 2. The minimum Gasteiger partial charge on any atom is -0.493 e. The normalized spacial score (nSPS) is 11.4. The number of halogens is 2. The van der Waals surface area contributed by atoms with Crippen molar-refractivity contribution in [2.24, 2.45) is 0 Å². The van der Waals surface area contributed by atoms with E-state index in [4.69, 9.17) is 14.6 Å². The van der Waals surface area contributed by atoms with E-state index in [1.54, 1.807) is 18.2 Å². The van der Waals surface area contributed by atoms with E-state index >= 15 is 0 Å². The Labute approximate surface area is 105 Å². The fraction of sp³-hybridized carbons (Fsp3) is 0.500. The van der Waals surface area contributed by atoms with Crippen LogP contribution in [0.3, 0.4) is 0 Å². The second-order valence-electron chi connectivity index (χ2n) is 3.77. The molecule has 1 rings (SSSR count). The summed E-state index contributed by atoms with van der Waals surface area (Å²) in [6, 6.07) is 5.23. The first-order chi connectivity index (χ1) is 8.54. The Morgan fingerprint density at radius 3 is 2.56 bits per heavy atom. The molecular formula is C12H17F2NO3. The first-order valence-corrected chi connectivity index (χ1v) is 5.43. The summed E-state index contributed by atoms with van der Waals surface area (Å²) in [4.78, 5) is 0. The van der Waals surface area contributed by atoms with E-state index in [0.717, 1.165) is 0 Å². The third kappa shape index (κ3) is 3.82. The highest BCUT2D eigenvalue weighted by atomic mass is 19.3. The third-order valence-corrected chi connectivity index (χ3v) is 2.41. The number of para-hydroxylation sites is 1.